The van der Waals surface area contributed by atoms with E-state index in [1.165, 1.54) is 0 Å². The van der Waals surface area contributed by atoms with Gasteiger partial charge in [-0.15, -0.1) is 0 Å². The Morgan fingerprint density at radius 2 is 1.53 bits per heavy atom. The Labute approximate surface area is 95.6 Å². The molecule has 0 saturated heterocycles. The van der Waals surface area contributed by atoms with Gasteiger partial charge in [-0.2, -0.15) is 0 Å². The molecule has 0 aromatic heterocycles. The summed E-state index contributed by atoms with van der Waals surface area (Å²) in [6.45, 7) is 16.0. The fourth-order valence-corrected chi connectivity index (χ4v) is 1.38. The Morgan fingerprint density at radius 1 is 1.07 bits per heavy atom. The summed E-state index contributed by atoms with van der Waals surface area (Å²) < 4.78 is 5.99. The Kier molecular flexibility index (Phi) is 5.28. The number of hydrogen-bond acceptors (Lipinski definition) is 2. The molecule has 0 fully saturated rings. The molecule has 0 amide bonds. The fraction of sp³-hybridized carbons (Fsp3) is 1.00. The summed E-state index contributed by atoms with van der Waals surface area (Å²) in [6.07, 6.45) is 0.904. The lowest BCUT2D eigenvalue weighted by Crippen LogP contribution is -2.37. The van der Waals surface area contributed by atoms with Gasteiger partial charge in [-0.1, -0.05) is 27.7 Å². The van der Waals surface area contributed by atoms with Crippen LogP contribution in [0.5, 0.6) is 0 Å². The van der Waals surface area contributed by atoms with Crippen LogP contribution in [0.4, 0.5) is 0 Å². The molecule has 0 saturated carbocycles. The zero-order chi connectivity index (χ0) is 12.3. The van der Waals surface area contributed by atoms with Gasteiger partial charge in [0.05, 0.1) is 12.2 Å². The predicted molar refractivity (Wildman–Crippen MR) is 66.9 cm³/mol. The molecule has 0 aromatic rings. The van der Waals surface area contributed by atoms with Crippen LogP contribution >= 0.6 is 0 Å². The summed E-state index contributed by atoms with van der Waals surface area (Å²) in [5.74, 6) is 0.628. The lowest BCUT2D eigenvalue weighted by atomic mass is 9.82. The number of ether oxygens (including phenoxy) is 1. The van der Waals surface area contributed by atoms with Gasteiger partial charge < -0.3 is 10.5 Å². The van der Waals surface area contributed by atoms with Crippen molar-refractivity contribution in [3.05, 3.63) is 0 Å². The minimum absolute atomic E-state index is 0.111. The highest BCUT2D eigenvalue weighted by Crippen LogP contribution is 2.29. The molecule has 0 aromatic carbocycles. The van der Waals surface area contributed by atoms with Gasteiger partial charge in [-0.05, 0) is 38.5 Å². The van der Waals surface area contributed by atoms with E-state index in [1.807, 2.05) is 6.92 Å². The zero-order valence-corrected chi connectivity index (χ0v) is 11.6. The Bertz CT molecular complexity index is 183. The standard InChI is InChI=1S/C13H29NO/c1-10(2)12(4,5)9-15-13(6,7)8-11(3)14/h10-11H,8-9,14H2,1-7H3. The van der Waals surface area contributed by atoms with Crippen LogP contribution in [0.3, 0.4) is 0 Å². The van der Waals surface area contributed by atoms with Crippen LogP contribution < -0.4 is 5.73 Å². The first-order chi connectivity index (χ1) is 6.57. The maximum Gasteiger partial charge on any atom is 0.0641 e. The molecule has 0 bridgehead atoms. The summed E-state index contributed by atoms with van der Waals surface area (Å²) in [7, 11) is 0. The highest BCUT2D eigenvalue weighted by molar-refractivity contribution is 4.77. The Hall–Kier alpha value is -0.0800. The highest BCUT2D eigenvalue weighted by Gasteiger charge is 2.27. The summed E-state index contributed by atoms with van der Waals surface area (Å²) >= 11 is 0. The van der Waals surface area contributed by atoms with Gasteiger partial charge in [0.2, 0.25) is 0 Å². The topological polar surface area (TPSA) is 35.2 Å². The normalized spacial score (nSPS) is 15.8. The maximum absolute atomic E-state index is 5.99. The Morgan fingerprint density at radius 3 is 1.87 bits per heavy atom. The second kappa shape index (κ2) is 5.31. The van der Waals surface area contributed by atoms with Crippen LogP contribution in [-0.4, -0.2) is 18.2 Å². The van der Waals surface area contributed by atoms with Crippen molar-refractivity contribution < 1.29 is 4.74 Å². The number of rotatable bonds is 6. The summed E-state index contributed by atoms with van der Waals surface area (Å²) in [5.41, 5.74) is 5.92. The average molecular weight is 215 g/mol. The van der Waals surface area contributed by atoms with Crippen molar-refractivity contribution in [2.75, 3.05) is 6.61 Å². The second-order valence-electron chi connectivity index (χ2n) is 6.37. The van der Waals surface area contributed by atoms with Crippen molar-refractivity contribution >= 4 is 0 Å². The van der Waals surface area contributed by atoms with Crippen molar-refractivity contribution in [3.8, 4) is 0 Å². The van der Waals surface area contributed by atoms with E-state index in [0.29, 0.717) is 5.92 Å². The van der Waals surface area contributed by atoms with Gasteiger partial charge >= 0.3 is 0 Å². The van der Waals surface area contributed by atoms with Crippen molar-refractivity contribution in [1.82, 2.24) is 0 Å². The number of hydrogen-bond donors (Lipinski definition) is 1. The lowest BCUT2D eigenvalue weighted by Gasteiger charge is -2.35. The molecule has 0 radical (unpaired) electrons. The van der Waals surface area contributed by atoms with Crippen LogP contribution in [0.15, 0.2) is 0 Å². The van der Waals surface area contributed by atoms with E-state index in [9.17, 15) is 0 Å². The van der Waals surface area contributed by atoms with E-state index in [0.717, 1.165) is 13.0 Å². The molecule has 2 N–H and O–H groups in total. The molecule has 1 atom stereocenters. The van der Waals surface area contributed by atoms with E-state index in [-0.39, 0.29) is 17.1 Å². The molecule has 1 unspecified atom stereocenters. The Balaban J connectivity index is 4.14. The van der Waals surface area contributed by atoms with Gasteiger partial charge in [-0.25, -0.2) is 0 Å². The smallest absolute Gasteiger partial charge is 0.0641 e. The predicted octanol–water partition coefficient (Wildman–Crippen LogP) is 3.20. The first-order valence-electron chi connectivity index (χ1n) is 5.96. The van der Waals surface area contributed by atoms with E-state index < -0.39 is 0 Å². The van der Waals surface area contributed by atoms with Crippen molar-refractivity contribution in [3.63, 3.8) is 0 Å². The number of nitrogens with two attached hydrogens (primary N) is 1. The molecular weight excluding hydrogens is 186 g/mol. The molecule has 0 aliphatic rings. The summed E-state index contributed by atoms with van der Waals surface area (Å²) in [6, 6.07) is 0.196. The largest absolute Gasteiger partial charge is 0.375 e. The average Bonchev–Trinajstić information content (AvgIpc) is 1.98. The lowest BCUT2D eigenvalue weighted by molar-refractivity contribution is -0.0718. The molecule has 0 heterocycles. The van der Waals surface area contributed by atoms with Crippen molar-refractivity contribution in [2.45, 2.75) is 66.5 Å². The molecular formula is C13H29NO. The van der Waals surface area contributed by atoms with Gasteiger partial charge in [0.1, 0.15) is 0 Å². The van der Waals surface area contributed by atoms with Crippen LogP contribution in [0.25, 0.3) is 0 Å². The second-order valence-corrected chi connectivity index (χ2v) is 6.37. The monoisotopic (exact) mass is 215 g/mol. The third-order valence-electron chi connectivity index (χ3n) is 3.21. The zero-order valence-electron chi connectivity index (χ0n) is 11.6. The molecule has 2 heteroatoms. The van der Waals surface area contributed by atoms with Gasteiger partial charge in [0.25, 0.3) is 0 Å². The van der Waals surface area contributed by atoms with Crippen molar-refractivity contribution in [2.24, 2.45) is 17.1 Å². The van der Waals surface area contributed by atoms with Crippen LogP contribution in [0.2, 0.25) is 0 Å². The molecule has 2 nitrogen and oxygen atoms in total. The van der Waals surface area contributed by atoms with Crippen LogP contribution in [0.1, 0.15) is 54.9 Å². The van der Waals surface area contributed by atoms with Crippen molar-refractivity contribution in [1.29, 1.82) is 0 Å². The van der Waals surface area contributed by atoms with Gasteiger partial charge in [0.15, 0.2) is 0 Å². The first kappa shape index (κ1) is 14.9. The van der Waals surface area contributed by atoms with E-state index in [4.69, 9.17) is 10.5 Å². The van der Waals surface area contributed by atoms with E-state index >= 15 is 0 Å². The minimum Gasteiger partial charge on any atom is -0.375 e. The van der Waals surface area contributed by atoms with Crippen LogP contribution in [0, 0.1) is 11.3 Å². The quantitative estimate of drug-likeness (QED) is 0.738. The van der Waals surface area contributed by atoms with Gasteiger partial charge in [-0.3, -0.25) is 0 Å². The maximum atomic E-state index is 5.99. The highest BCUT2D eigenvalue weighted by atomic mass is 16.5. The molecule has 0 aliphatic carbocycles. The fourth-order valence-electron chi connectivity index (χ4n) is 1.38. The van der Waals surface area contributed by atoms with Crippen LogP contribution in [-0.2, 0) is 4.74 Å². The SMILES string of the molecule is CC(N)CC(C)(C)OCC(C)(C)C(C)C. The molecule has 15 heavy (non-hydrogen) atoms. The third-order valence-corrected chi connectivity index (χ3v) is 3.21. The molecule has 92 valence electrons. The van der Waals surface area contributed by atoms with E-state index in [1.54, 1.807) is 0 Å². The first-order valence-corrected chi connectivity index (χ1v) is 5.96. The summed E-state index contributed by atoms with van der Waals surface area (Å²) in [4.78, 5) is 0. The van der Waals surface area contributed by atoms with E-state index in [2.05, 4.69) is 41.5 Å². The molecule has 0 rings (SSSR count). The third kappa shape index (κ3) is 6.16. The van der Waals surface area contributed by atoms with Gasteiger partial charge in [0, 0.05) is 6.04 Å². The minimum atomic E-state index is -0.111. The molecule has 0 aliphatic heterocycles. The molecule has 0 spiro atoms. The summed E-state index contributed by atoms with van der Waals surface area (Å²) in [5, 5.41) is 0.